The van der Waals surface area contributed by atoms with E-state index in [-0.39, 0.29) is 106 Å². The zero-order valence-corrected chi connectivity index (χ0v) is 45.5. The Hall–Kier alpha value is -6.92. The van der Waals surface area contributed by atoms with Crippen LogP contribution in [-0.4, -0.2) is 142 Å². The van der Waals surface area contributed by atoms with E-state index in [1.807, 2.05) is 0 Å². The minimum absolute atomic E-state index is 0.0000108. The number of aryl methyl sites for hydroxylation is 2. The molecule has 0 saturated carbocycles. The average molecular weight is 1230 g/mol. The quantitative estimate of drug-likeness (QED) is 0.124. The predicted molar refractivity (Wildman–Crippen MR) is 285 cm³/mol. The number of sulfone groups is 2. The summed E-state index contributed by atoms with van der Waals surface area (Å²) in [5.41, 5.74) is -5.70. The van der Waals surface area contributed by atoms with Crippen LogP contribution in [0.5, 0.6) is 0 Å². The highest BCUT2D eigenvalue weighted by atomic mass is 32.2. The number of hydrogen-bond donors (Lipinski definition) is 0. The maximum absolute atomic E-state index is 14.9. The number of aromatic nitrogens is 4. The van der Waals surface area contributed by atoms with Gasteiger partial charge in [-0.05, 0) is 48.6 Å². The van der Waals surface area contributed by atoms with Crippen molar-refractivity contribution in [3.05, 3.63) is 129 Å². The predicted octanol–water partition coefficient (Wildman–Crippen LogP) is 6.93. The number of benzene rings is 4. The normalized spacial score (nSPS) is 21.7. The summed E-state index contributed by atoms with van der Waals surface area (Å²) in [5, 5.41) is -0.117. The summed E-state index contributed by atoms with van der Waals surface area (Å²) in [4.78, 5) is 65.5. The number of piperazine rings is 2. The van der Waals surface area contributed by atoms with Crippen LogP contribution in [0.4, 0.5) is 55.5 Å². The molecule has 4 fully saturated rings. The summed E-state index contributed by atoms with van der Waals surface area (Å²) in [6.45, 7) is 7.23. The molecule has 30 heteroatoms. The van der Waals surface area contributed by atoms with Gasteiger partial charge in [-0.15, -0.1) is 23.5 Å². The Morgan fingerprint density at radius 1 is 0.549 bits per heavy atom. The second-order valence-corrected chi connectivity index (χ2v) is 26.5. The molecule has 4 aromatic carbocycles. The molecule has 12 rings (SSSR count). The zero-order valence-electron chi connectivity index (χ0n) is 42.2. The van der Waals surface area contributed by atoms with E-state index in [9.17, 15) is 79.9 Å². The molecule has 2 aromatic heterocycles. The van der Waals surface area contributed by atoms with Crippen molar-refractivity contribution in [3.8, 4) is 22.3 Å². The molecular weight excluding hydrogens is 1180 g/mol. The number of alkyl halides is 6. The average Bonchev–Trinajstić information content (AvgIpc) is 3.92. The molecule has 0 radical (unpaired) electrons. The van der Waals surface area contributed by atoms with Crippen LogP contribution in [0.2, 0.25) is 0 Å². The van der Waals surface area contributed by atoms with Crippen molar-refractivity contribution in [1.29, 1.82) is 0 Å². The molecule has 6 aromatic rings. The Kier molecular flexibility index (Phi) is 14.2. The zero-order chi connectivity index (χ0) is 58.9. The van der Waals surface area contributed by atoms with E-state index in [1.165, 1.54) is 28.7 Å². The molecular formula is C52H42F10N8O8S4. The van der Waals surface area contributed by atoms with Crippen LogP contribution in [0.15, 0.2) is 93.2 Å². The highest BCUT2D eigenvalue weighted by Gasteiger charge is 2.51. The van der Waals surface area contributed by atoms with Gasteiger partial charge in [-0.2, -0.15) is 36.3 Å². The van der Waals surface area contributed by atoms with Gasteiger partial charge < -0.3 is 19.6 Å². The lowest BCUT2D eigenvalue weighted by Gasteiger charge is -2.44. The first-order valence-corrected chi connectivity index (χ1v) is 30.6. The van der Waals surface area contributed by atoms with Gasteiger partial charge in [-0.3, -0.25) is 18.7 Å². The summed E-state index contributed by atoms with van der Waals surface area (Å²) in [7, 11) is -7.27. The third-order valence-corrected chi connectivity index (χ3v) is 20.9. The van der Waals surface area contributed by atoms with Crippen molar-refractivity contribution in [3.63, 3.8) is 0 Å². The number of halogens is 10. The van der Waals surface area contributed by atoms with E-state index in [1.54, 1.807) is 0 Å². The van der Waals surface area contributed by atoms with E-state index >= 15 is 0 Å². The van der Waals surface area contributed by atoms with Crippen molar-refractivity contribution < 1.29 is 70.3 Å². The fourth-order valence-electron chi connectivity index (χ4n) is 12.0. The van der Waals surface area contributed by atoms with Crippen molar-refractivity contribution in [2.45, 2.75) is 59.4 Å². The maximum Gasteiger partial charge on any atom is 0.417 e. The van der Waals surface area contributed by atoms with Gasteiger partial charge in [0.15, 0.2) is 19.7 Å². The Balaban J connectivity index is 0.000000172. The fraction of sp³-hybridized carbons (Fsp3) is 0.346. The molecule has 16 nitrogen and oxygen atoms in total. The first kappa shape index (κ1) is 56.9. The van der Waals surface area contributed by atoms with Gasteiger partial charge in [0.05, 0.1) is 69.3 Å². The number of rotatable bonds is 6. The molecule has 82 heavy (non-hydrogen) atoms. The largest absolute Gasteiger partial charge is 0.417 e. The van der Waals surface area contributed by atoms with E-state index in [0.29, 0.717) is 12.1 Å². The molecule has 0 N–H and O–H groups in total. The van der Waals surface area contributed by atoms with Crippen LogP contribution in [0.3, 0.4) is 0 Å². The molecule has 0 aliphatic carbocycles. The number of amides is 2. The second kappa shape index (κ2) is 20.5. The summed E-state index contributed by atoms with van der Waals surface area (Å²) in [6.07, 6.45) is -7.84. The molecule has 8 heterocycles. The van der Waals surface area contributed by atoms with Crippen LogP contribution in [0.25, 0.3) is 44.1 Å². The number of carbonyl (C=O) groups is 2. The van der Waals surface area contributed by atoms with Gasteiger partial charge in [0.2, 0.25) is 11.8 Å². The van der Waals surface area contributed by atoms with E-state index < -0.39 is 148 Å². The lowest BCUT2D eigenvalue weighted by molar-refractivity contribution is -0.138. The van der Waals surface area contributed by atoms with Gasteiger partial charge in [0.1, 0.15) is 34.9 Å². The Labute approximate surface area is 466 Å². The third kappa shape index (κ3) is 9.78. The fourth-order valence-corrected chi connectivity index (χ4v) is 18.3. The topological polar surface area (TPSA) is 185 Å². The molecule has 0 bridgehead atoms. The summed E-state index contributed by atoms with van der Waals surface area (Å²) in [5.74, 6) is -6.64. The monoisotopic (exact) mass is 1220 g/mol. The smallest absolute Gasteiger partial charge is 0.348 e. The molecule has 6 aliphatic rings. The van der Waals surface area contributed by atoms with E-state index in [2.05, 4.69) is 23.1 Å². The van der Waals surface area contributed by atoms with E-state index in [0.717, 1.165) is 72.1 Å². The Morgan fingerprint density at radius 3 is 1.26 bits per heavy atom. The Bertz CT molecular complexity index is 3880. The summed E-state index contributed by atoms with van der Waals surface area (Å²) >= 11 is 2.02. The standard InChI is InChI=1S/2C26H21F5N4O4S2/c2*1-2-20(36)33-5-6-34(19-12-41(38,39)11-18(19)33)24-15-10-16(26(29,30)31)21(14-4-3-13(27)9-17(14)28)23-22(15)35(7-8-40-23)25(37)32-24/h2*2-4,9-10,18-19H,1,5-8,11-12H2/t2*18-,19+/m10/s1. The van der Waals surface area contributed by atoms with Gasteiger partial charge in [-0.25, -0.2) is 44.0 Å². The Morgan fingerprint density at radius 2 is 0.915 bits per heavy atom. The van der Waals surface area contributed by atoms with Crippen LogP contribution in [0, 0.1) is 23.3 Å². The number of nitrogens with zero attached hydrogens (tertiary/aromatic N) is 8. The van der Waals surface area contributed by atoms with Crippen molar-refractivity contribution in [2.75, 3.05) is 70.5 Å². The molecule has 2 amide bonds. The molecule has 4 saturated heterocycles. The van der Waals surface area contributed by atoms with Crippen LogP contribution in [-0.2, 0) is 54.7 Å². The SMILES string of the molecule is C=CC(=O)N1CCN(c2nc(=O)n3c4c(c(-c5ccc(F)cc5F)c(C(F)(F)F)cc24)SCC3)[C@@H]2CS(=O)(=O)C[C@@H]21.C=CC(=O)N1CCN(c2nc(=O)n3c4c(c(-c5ccc(F)cc5F)c(C(F)(F)F)cc24)SCC3)[C@H]2CS(=O)(=O)C[C@H]21. The maximum atomic E-state index is 14.9. The summed E-state index contributed by atoms with van der Waals surface area (Å²) in [6, 6.07) is 2.77. The van der Waals surface area contributed by atoms with Crippen LogP contribution >= 0.6 is 23.5 Å². The van der Waals surface area contributed by atoms with Crippen molar-refractivity contribution >= 4 is 88.5 Å². The summed E-state index contributed by atoms with van der Waals surface area (Å²) < 4.78 is 198. The minimum atomic E-state index is -4.98. The number of fused-ring (bicyclic) bond motifs is 2. The first-order valence-electron chi connectivity index (χ1n) is 25.0. The van der Waals surface area contributed by atoms with Gasteiger partial charge >= 0.3 is 23.7 Å². The minimum Gasteiger partial charge on any atom is -0.348 e. The van der Waals surface area contributed by atoms with Crippen molar-refractivity contribution in [1.82, 2.24) is 28.9 Å². The first-order chi connectivity index (χ1) is 38.6. The van der Waals surface area contributed by atoms with Crippen molar-refractivity contribution in [2.24, 2.45) is 0 Å². The van der Waals surface area contributed by atoms with E-state index in [4.69, 9.17) is 0 Å². The van der Waals surface area contributed by atoms with Gasteiger partial charge in [0, 0.05) is 106 Å². The van der Waals surface area contributed by atoms with Crippen LogP contribution < -0.4 is 21.2 Å². The van der Waals surface area contributed by atoms with Gasteiger partial charge in [0.25, 0.3) is 0 Å². The lowest BCUT2D eigenvalue weighted by Crippen LogP contribution is -2.61. The molecule has 0 spiro atoms. The number of hydrogen-bond acceptors (Lipinski definition) is 14. The second-order valence-electron chi connectivity index (χ2n) is 20.0. The van der Waals surface area contributed by atoms with Crippen LogP contribution in [0.1, 0.15) is 11.1 Å². The highest BCUT2D eigenvalue weighted by Crippen LogP contribution is 2.52. The van der Waals surface area contributed by atoms with Gasteiger partial charge in [-0.1, -0.05) is 13.2 Å². The highest BCUT2D eigenvalue weighted by molar-refractivity contribution is 8.00. The number of anilines is 2. The molecule has 6 aliphatic heterocycles. The molecule has 0 unspecified atom stereocenters. The molecule has 4 atom stereocenters. The number of carbonyl (C=O) groups excluding carboxylic acids is 2. The lowest BCUT2D eigenvalue weighted by atomic mass is 9.95. The third-order valence-electron chi connectivity index (χ3n) is 15.3. The molecule has 432 valence electrons. The number of thioether (sulfide) groups is 2.